The van der Waals surface area contributed by atoms with Crippen LogP contribution in [0.3, 0.4) is 0 Å². The molecule has 1 aliphatic heterocycles. The van der Waals surface area contributed by atoms with E-state index in [1.54, 1.807) is 25.3 Å². The number of likely N-dealkylation sites (tertiary alicyclic amines) is 1. The van der Waals surface area contributed by atoms with Crippen molar-refractivity contribution in [1.82, 2.24) is 4.90 Å². The van der Waals surface area contributed by atoms with Crippen molar-refractivity contribution in [3.05, 3.63) is 18.2 Å². The number of nitrogen functional groups attached to an aromatic ring is 1. The van der Waals surface area contributed by atoms with E-state index < -0.39 is 0 Å². The Hall–Kier alpha value is -1.75. The van der Waals surface area contributed by atoms with Crippen molar-refractivity contribution in [2.75, 3.05) is 31.2 Å². The lowest BCUT2D eigenvalue weighted by Crippen LogP contribution is -2.40. The monoisotopic (exact) mass is 277 g/mol. The van der Waals surface area contributed by atoms with Crippen LogP contribution >= 0.6 is 0 Å². The summed E-state index contributed by atoms with van der Waals surface area (Å²) in [4.78, 5) is 14.5. The lowest BCUT2D eigenvalue weighted by atomic mass is 10.2. The van der Waals surface area contributed by atoms with E-state index >= 15 is 0 Å². The Morgan fingerprint density at radius 1 is 1.55 bits per heavy atom. The third kappa shape index (κ3) is 3.22. The first kappa shape index (κ1) is 14.7. The maximum atomic E-state index is 12.3. The molecule has 5 nitrogen and oxygen atoms in total. The van der Waals surface area contributed by atoms with Gasteiger partial charge in [-0.3, -0.25) is 9.69 Å². The molecule has 1 saturated heterocycles. The molecule has 0 aliphatic carbocycles. The van der Waals surface area contributed by atoms with Crippen molar-refractivity contribution >= 4 is 17.3 Å². The highest BCUT2D eigenvalue weighted by atomic mass is 16.5. The Bertz CT molecular complexity index is 490. The van der Waals surface area contributed by atoms with E-state index in [0.29, 0.717) is 23.0 Å². The maximum absolute atomic E-state index is 12.3. The number of carbonyl (C=O) groups is 1. The van der Waals surface area contributed by atoms with Crippen LogP contribution in [0.4, 0.5) is 11.4 Å². The van der Waals surface area contributed by atoms with Crippen LogP contribution in [0.1, 0.15) is 20.3 Å². The van der Waals surface area contributed by atoms with Crippen LogP contribution in [-0.4, -0.2) is 37.0 Å². The highest BCUT2D eigenvalue weighted by Gasteiger charge is 2.27. The maximum Gasteiger partial charge on any atom is 0.241 e. The number of anilines is 2. The van der Waals surface area contributed by atoms with E-state index in [4.69, 9.17) is 10.5 Å². The Balaban J connectivity index is 2.00. The van der Waals surface area contributed by atoms with Gasteiger partial charge in [-0.1, -0.05) is 6.92 Å². The summed E-state index contributed by atoms with van der Waals surface area (Å²) >= 11 is 0. The number of nitrogens with two attached hydrogens (primary N) is 1. The van der Waals surface area contributed by atoms with Gasteiger partial charge in [-0.15, -0.1) is 0 Å². The summed E-state index contributed by atoms with van der Waals surface area (Å²) in [6, 6.07) is 5.12. The molecule has 0 spiro atoms. The summed E-state index contributed by atoms with van der Waals surface area (Å²) < 4.78 is 5.09. The van der Waals surface area contributed by atoms with E-state index in [9.17, 15) is 4.79 Å². The highest BCUT2D eigenvalue weighted by Crippen LogP contribution is 2.25. The molecule has 3 N–H and O–H groups in total. The van der Waals surface area contributed by atoms with Crippen molar-refractivity contribution in [1.29, 1.82) is 0 Å². The molecule has 1 heterocycles. The molecular weight excluding hydrogens is 254 g/mol. The van der Waals surface area contributed by atoms with Gasteiger partial charge in [0.1, 0.15) is 5.75 Å². The Morgan fingerprint density at radius 3 is 2.85 bits per heavy atom. The van der Waals surface area contributed by atoms with Crippen molar-refractivity contribution in [3.8, 4) is 5.75 Å². The quantitative estimate of drug-likeness (QED) is 0.825. The minimum atomic E-state index is -0.138. The van der Waals surface area contributed by atoms with E-state index in [2.05, 4.69) is 17.1 Å². The average Bonchev–Trinajstić information content (AvgIpc) is 2.86. The fourth-order valence-corrected chi connectivity index (χ4v) is 2.51. The number of carbonyl (C=O) groups excluding carboxylic acids is 1. The summed E-state index contributed by atoms with van der Waals surface area (Å²) in [6.07, 6.45) is 1.16. The molecule has 1 fully saturated rings. The zero-order valence-corrected chi connectivity index (χ0v) is 12.3. The molecule has 5 heteroatoms. The van der Waals surface area contributed by atoms with Gasteiger partial charge in [0.25, 0.3) is 0 Å². The molecule has 2 rings (SSSR count). The lowest BCUT2D eigenvalue weighted by molar-refractivity contribution is -0.120. The minimum absolute atomic E-state index is 0.0176. The van der Waals surface area contributed by atoms with Crippen LogP contribution in [0.5, 0.6) is 5.75 Å². The fourth-order valence-electron chi connectivity index (χ4n) is 2.51. The number of benzene rings is 1. The van der Waals surface area contributed by atoms with Gasteiger partial charge in [0.15, 0.2) is 0 Å². The van der Waals surface area contributed by atoms with Crippen molar-refractivity contribution < 1.29 is 9.53 Å². The van der Waals surface area contributed by atoms with Gasteiger partial charge in [-0.05, 0) is 37.9 Å². The molecule has 2 unspecified atom stereocenters. The largest absolute Gasteiger partial charge is 0.497 e. The van der Waals surface area contributed by atoms with Gasteiger partial charge >= 0.3 is 0 Å². The zero-order valence-electron chi connectivity index (χ0n) is 12.3. The van der Waals surface area contributed by atoms with Gasteiger partial charge in [0.2, 0.25) is 5.91 Å². The lowest BCUT2D eigenvalue weighted by Gasteiger charge is -2.23. The number of ether oxygens (including phenoxy) is 1. The number of methoxy groups -OCH3 is 1. The smallest absolute Gasteiger partial charge is 0.241 e. The second-order valence-electron chi connectivity index (χ2n) is 5.51. The van der Waals surface area contributed by atoms with Gasteiger partial charge < -0.3 is 15.8 Å². The molecule has 2 atom stereocenters. The Labute approximate surface area is 120 Å². The van der Waals surface area contributed by atoms with E-state index in [0.717, 1.165) is 19.5 Å². The van der Waals surface area contributed by atoms with E-state index in [1.807, 2.05) is 6.92 Å². The summed E-state index contributed by atoms with van der Waals surface area (Å²) in [5.41, 5.74) is 7.06. The van der Waals surface area contributed by atoms with Crippen molar-refractivity contribution in [2.24, 2.45) is 5.92 Å². The van der Waals surface area contributed by atoms with Crippen LogP contribution in [0.2, 0.25) is 0 Å². The van der Waals surface area contributed by atoms with Crippen molar-refractivity contribution in [3.63, 3.8) is 0 Å². The molecule has 0 radical (unpaired) electrons. The molecule has 110 valence electrons. The summed E-state index contributed by atoms with van der Waals surface area (Å²) in [5, 5.41) is 2.89. The topological polar surface area (TPSA) is 67.6 Å². The fraction of sp³-hybridized carbons (Fsp3) is 0.533. The number of nitrogens with one attached hydrogen (secondary N) is 1. The molecule has 0 aromatic heterocycles. The molecule has 1 amide bonds. The average molecular weight is 277 g/mol. The predicted octanol–water partition coefficient (Wildman–Crippen LogP) is 1.95. The number of amides is 1. The van der Waals surface area contributed by atoms with Crippen molar-refractivity contribution in [2.45, 2.75) is 26.3 Å². The first-order chi connectivity index (χ1) is 9.51. The van der Waals surface area contributed by atoms with Gasteiger partial charge in [-0.2, -0.15) is 0 Å². The Kier molecular flexibility index (Phi) is 4.49. The van der Waals surface area contributed by atoms with E-state index in [1.165, 1.54) is 0 Å². The van der Waals surface area contributed by atoms with Gasteiger partial charge in [0.05, 0.1) is 24.5 Å². The molecule has 1 aromatic rings. The minimum Gasteiger partial charge on any atom is -0.497 e. The standard InChI is InChI=1S/C15H23N3O2/c1-10-6-7-18(9-10)11(2)15(19)17-14-5-4-12(20-3)8-13(14)16/h4-5,8,10-11H,6-7,9,16H2,1-3H3,(H,17,19). The number of hydrogen-bond donors (Lipinski definition) is 2. The molecule has 0 bridgehead atoms. The Morgan fingerprint density at radius 2 is 2.30 bits per heavy atom. The molecule has 0 saturated carbocycles. The van der Waals surface area contributed by atoms with Gasteiger partial charge in [-0.25, -0.2) is 0 Å². The first-order valence-electron chi connectivity index (χ1n) is 6.99. The SMILES string of the molecule is COc1ccc(NC(=O)C(C)N2CCC(C)C2)c(N)c1. The normalized spacial score (nSPS) is 20.6. The third-order valence-electron chi connectivity index (χ3n) is 3.90. The second kappa shape index (κ2) is 6.13. The molecular formula is C15H23N3O2. The molecule has 1 aromatic carbocycles. The van der Waals surface area contributed by atoms with Gasteiger partial charge in [0, 0.05) is 12.6 Å². The summed E-state index contributed by atoms with van der Waals surface area (Å²) in [7, 11) is 1.59. The van der Waals surface area contributed by atoms with Crippen LogP contribution in [0.15, 0.2) is 18.2 Å². The van der Waals surface area contributed by atoms with Crippen LogP contribution in [0.25, 0.3) is 0 Å². The van der Waals surface area contributed by atoms with E-state index in [-0.39, 0.29) is 11.9 Å². The number of hydrogen-bond acceptors (Lipinski definition) is 4. The summed E-state index contributed by atoms with van der Waals surface area (Å²) in [6.45, 7) is 6.11. The summed E-state index contributed by atoms with van der Waals surface area (Å²) in [5.74, 6) is 1.33. The van der Waals surface area contributed by atoms with Crippen LogP contribution < -0.4 is 15.8 Å². The predicted molar refractivity (Wildman–Crippen MR) is 80.9 cm³/mol. The highest BCUT2D eigenvalue weighted by molar-refractivity contribution is 5.97. The number of rotatable bonds is 4. The van der Waals surface area contributed by atoms with Crippen LogP contribution in [-0.2, 0) is 4.79 Å². The molecule has 20 heavy (non-hydrogen) atoms. The zero-order chi connectivity index (χ0) is 14.7. The molecule has 1 aliphatic rings. The van der Waals surface area contributed by atoms with Crippen LogP contribution in [0, 0.1) is 5.92 Å². The third-order valence-corrected chi connectivity index (χ3v) is 3.90. The second-order valence-corrected chi connectivity index (χ2v) is 5.51. The number of nitrogens with zero attached hydrogens (tertiary/aromatic N) is 1. The first-order valence-corrected chi connectivity index (χ1v) is 6.99.